The highest BCUT2D eigenvalue weighted by Crippen LogP contribution is 2.31. The maximum Gasteiger partial charge on any atom is 0.433 e. The summed E-state index contributed by atoms with van der Waals surface area (Å²) in [6.45, 7) is 5.30. The number of aromatic nitrogens is 3. The van der Waals surface area contributed by atoms with Gasteiger partial charge in [-0.05, 0) is 43.0 Å². The summed E-state index contributed by atoms with van der Waals surface area (Å²) in [5, 5.41) is 3.99. The summed E-state index contributed by atoms with van der Waals surface area (Å²) in [6, 6.07) is 4.69. The van der Waals surface area contributed by atoms with Crippen LogP contribution in [0.15, 0.2) is 35.1 Å². The molecular weight excluding hydrogens is 437 g/mol. The van der Waals surface area contributed by atoms with E-state index in [1.807, 2.05) is 12.3 Å². The van der Waals surface area contributed by atoms with Crippen LogP contribution < -0.4 is 4.74 Å². The SMILES string of the molecule is Cc1onc(-c2ccc(C(F)(F)F)nc2)c1COc1cc2c(cn1)CN(C1CCOC1)CC2. The summed E-state index contributed by atoms with van der Waals surface area (Å²) in [7, 11) is 0. The number of aryl methyl sites for hydroxylation is 1. The first-order valence-electron chi connectivity index (χ1n) is 10.8. The molecule has 0 amide bonds. The molecule has 5 heterocycles. The molecule has 0 bridgehead atoms. The molecule has 33 heavy (non-hydrogen) atoms. The van der Waals surface area contributed by atoms with Crippen molar-refractivity contribution in [1.82, 2.24) is 20.0 Å². The molecule has 1 atom stereocenters. The van der Waals surface area contributed by atoms with Crippen molar-refractivity contribution in [3.05, 3.63) is 58.7 Å². The summed E-state index contributed by atoms with van der Waals surface area (Å²) in [6.07, 6.45) is 0.484. The molecule has 1 saturated heterocycles. The average Bonchev–Trinajstić information content (AvgIpc) is 3.47. The van der Waals surface area contributed by atoms with Gasteiger partial charge in [0, 0.05) is 49.8 Å². The van der Waals surface area contributed by atoms with Crippen LogP contribution in [0.3, 0.4) is 0 Å². The van der Waals surface area contributed by atoms with Crippen LogP contribution in [-0.4, -0.2) is 45.8 Å². The number of hydrogen-bond donors (Lipinski definition) is 0. The summed E-state index contributed by atoms with van der Waals surface area (Å²) in [5.41, 5.74) is 2.92. The number of halogens is 3. The molecule has 0 saturated carbocycles. The van der Waals surface area contributed by atoms with Crippen LogP contribution in [-0.2, 0) is 30.5 Å². The fourth-order valence-corrected chi connectivity index (χ4v) is 4.28. The molecule has 7 nitrogen and oxygen atoms in total. The highest BCUT2D eigenvalue weighted by Gasteiger charge is 2.32. The van der Waals surface area contributed by atoms with Gasteiger partial charge in [-0.3, -0.25) is 9.88 Å². The Balaban J connectivity index is 1.28. The van der Waals surface area contributed by atoms with Crippen molar-refractivity contribution in [3.63, 3.8) is 0 Å². The van der Waals surface area contributed by atoms with E-state index in [4.69, 9.17) is 14.0 Å². The molecule has 10 heteroatoms. The molecule has 0 spiro atoms. The molecule has 174 valence electrons. The quantitative estimate of drug-likeness (QED) is 0.565. The second-order valence-corrected chi connectivity index (χ2v) is 8.31. The fraction of sp³-hybridized carbons (Fsp3) is 0.435. The van der Waals surface area contributed by atoms with Crippen molar-refractivity contribution in [2.24, 2.45) is 0 Å². The van der Waals surface area contributed by atoms with E-state index in [9.17, 15) is 13.2 Å². The average molecular weight is 460 g/mol. The van der Waals surface area contributed by atoms with E-state index in [0.29, 0.717) is 34.5 Å². The topological polar surface area (TPSA) is 73.5 Å². The van der Waals surface area contributed by atoms with Gasteiger partial charge in [0.15, 0.2) is 0 Å². The number of hydrogen-bond acceptors (Lipinski definition) is 7. The predicted octanol–water partition coefficient (Wildman–Crippen LogP) is 4.18. The Kier molecular flexibility index (Phi) is 5.79. The summed E-state index contributed by atoms with van der Waals surface area (Å²) < 4.78 is 55.1. The molecule has 0 aromatic carbocycles. The number of fused-ring (bicyclic) bond motifs is 1. The Hall–Kier alpha value is -2.98. The highest BCUT2D eigenvalue weighted by molar-refractivity contribution is 5.62. The second-order valence-electron chi connectivity index (χ2n) is 8.31. The number of nitrogens with zero attached hydrogens (tertiary/aromatic N) is 4. The van der Waals surface area contributed by atoms with Gasteiger partial charge in [-0.1, -0.05) is 5.16 Å². The molecule has 0 radical (unpaired) electrons. The molecule has 3 aromatic heterocycles. The predicted molar refractivity (Wildman–Crippen MR) is 111 cm³/mol. The van der Waals surface area contributed by atoms with Crippen LogP contribution in [0.5, 0.6) is 5.88 Å². The van der Waals surface area contributed by atoms with Gasteiger partial charge >= 0.3 is 6.18 Å². The Labute approximate surface area is 188 Å². The number of ether oxygens (including phenoxy) is 2. The molecule has 1 unspecified atom stereocenters. The van der Waals surface area contributed by atoms with Crippen LogP contribution in [0, 0.1) is 6.92 Å². The standard InChI is InChI=1S/C23H23F3N4O3/c1-14-19(22(29-33-14)16-2-3-20(27-9-16)23(24,25)26)13-32-21-8-15-4-6-30(11-17(15)10-28-21)18-5-7-31-12-18/h2-3,8-10,18H,4-7,11-13H2,1H3. The molecule has 3 aromatic rings. The minimum Gasteiger partial charge on any atom is -0.473 e. The monoisotopic (exact) mass is 460 g/mol. The van der Waals surface area contributed by atoms with E-state index in [0.717, 1.165) is 51.4 Å². The van der Waals surface area contributed by atoms with Crippen molar-refractivity contribution >= 4 is 0 Å². The zero-order valence-electron chi connectivity index (χ0n) is 18.1. The largest absolute Gasteiger partial charge is 0.473 e. The Morgan fingerprint density at radius 2 is 2.06 bits per heavy atom. The third kappa shape index (κ3) is 4.58. The number of pyridine rings is 2. The first-order valence-corrected chi connectivity index (χ1v) is 10.8. The maximum atomic E-state index is 12.8. The molecule has 1 fully saturated rings. The van der Waals surface area contributed by atoms with Gasteiger partial charge in [0.05, 0.1) is 12.2 Å². The van der Waals surface area contributed by atoms with Crippen LogP contribution in [0.1, 0.15) is 34.6 Å². The first kappa shape index (κ1) is 21.8. The highest BCUT2D eigenvalue weighted by atomic mass is 19.4. The minimum absolute atomic E-state index is 0.128. The van der Waals surface area contributed by atoms with E-state index in [-0.39, 0.29) is 6.61 Å². The number of rotatable bonds is 5. The molecule has 0 N–H and O–H groups in total. The van der Waals surface area contributed by atoms with E-state index in [1.165, 1.54) is 17.2 Å². The lowest BCUT2D eigenvalue weighted by Crippen LogP contribution is -2.39. The normalized spacial score (nSPS) is 19.0. The van der Waals surface area contributed by atoms with Crippen molar-refractivity contribution in [2.45, 2.75) is 45.1 Å². The van der Waals surface area contributed by atoms with Crippen LogP contribution in [0.25, 0.3) is 11.3 Å². The molecule has 5 rings (SSSR count). The van der Waals surface area contributed by atoms with Crippen molar-refractivity contribution < 1.29 is 27.2 Å². The lowest BCUT2D eigenvalue weighted by Gasteiger charge is -2.32. The smallest absolute Gasteiger partial charge is 0.433 e. The van der Waals surface area contributed by atoms with Gasteiger partial charge in [0.1, 0.15) is 23.8 Å². The second kappa shape index (κ2) is 8.75. The van der Waals surface area contributed by atoms with Gasteiger partial charge in [0.2, 0.25) is 5.88 Å². The van der Waals surface area contributed by atoms with Gasteiger partial charge in [-0.2, -0.15) is 13.2 Å². The van der Waals surface area contributed by atoms with Gasteiger partial charge < -0.3 is 14.0 Å². The Morgan fingerprint density at radius 3 is 2.79 bits per heavy atom. The van der Waals surface area contributed by atoms with E-state index < -0.39 is 11.9 Å². The van der Waals surface area contributed by atoms with Crippen LogP contribution >= 0.6 is 0 Å². The summed E-state index contributed by atoms with van der Waals surface area (Å²) >= 11 is 0. The zero-order chi connectivity index (χ0) is 23.0. The zero-order valence-corrected chi connectivity index (χ0v) is 18.1. The lowest BCUT2D eigenvalue weighted by atomic mass is 10.0. The lowest BCUT2D eigenvalue weighted by molar-refractivity contribution is -0.141. The van der Waals surface area contributed by atoms with Crippen LogP contribution in [0.4, 0.5) is 13.2 Å². The van der Waals surface area contributed by atoms with Crippen molar-refractivity contribution in [2.75, 3.05) is 19.8 Å². The summed E-state index contributed by atoms with van der Waals surface area (Å²) in [4.78, 5) is 10.4. The first-order chi connectivity index (χ1) is 15.9. The van der Waals surface area contributed by atoms with E-state index in [1.54, 1.807) is 6.92 Å². The number of alkyl halides is 3. The van der Waals surface area contributed by atoms with Gasteiger partial charge in [-0.15, -0.1) is 0 Å². The fourth-order valence-electron chi connectivity index (χ4n) is 4.28. The van der Waals surface area contributed by atoms with Crippen molar-refractivity contribution in [1.29, 1.82) is 0 Å². The molecule has 2 aliphatic heterocycles. The van der Waals surface area contributed by atoms with Crippen molar-refractivity contribution in [3.8, 4) is 17.1 Å². The third-order valence-electron chi connectivity index (χ3n) is 6.20. The Morgan fingerprint density at radius 1 is 1.18 bits per heavy atom. The van der Waals surface area contributed by atoms with Gasteiger partial charge in [0.25, 0.3) is 0 Å². The minimum atomic E-state index is -4.50. The van der Waals surface area contributed by atoms with E-state index in [2.05, 4.69) is 20.0 Å². The molecule has 2 aliphatic rings. The van der Waals surface area contributed by atoms with E-state index >= 15 is 0 Å². The maximum absolute atomic E-state index is 12.8. The third-order valence-corrected chi connectivity index (χ3v) is 6.20. The summed E-state index contributed by atoms with van der Waals surface area (Å²) in [5.74, 6) is 1.01. The molecular formula is C23H23F3N4O3. The molecule has 0 aliphatic carbocycles. The Bertz CT molecular complexity index is 1120. The van der Waals surface area contributed by atoms with Crippen LogP contribution in [0.2, 0.25) is 0 Å². The van der Waals surface area contributed by atoms with Gasteiger partial charge in [-0.25, -0.2) is 4.98 Å².